The number of carbonyl (C=O) groups excluding carboxylic acids is 2. The van der Waals surface area contributed by atoms with Crippen molar-refractivity contribution < 1.29 is 46.1 Å². The Labute approximate surface area is 269 Å². The number of piperazine rings is 1. The Balaban J connectivity index is 1.61. The molecule has 1 fully saturated rings. The summed E-state index contributed by atoms with van der Waals surface area (Å²) in [4.78, 5) is 34.5. The number of methoxy groups -OCH3 is 2. The first-order valence-electron chi connectivity index (χ1n) is 14.8. The van der Waals surface area contributed by atoms with Crippen LogP contribution in [0.2, 0.25) is 0 Å². The summed E-state index contributed by atoms with van der Waals surface area (Å²) in [5, 5.41) is 0. The summed E-state index contributed by atoms with van der Waals surface area (Å²) in [6.07, 6.45) is -5.15. The Bertz CT molecular complexity index is 1670. The second kappa shape index (κ2) is 13.8. The van der Waals surface area contributed by atoms with E-state index < -0.39 is 48.8 Å². The van der Waals surface area contributed by atoms with Crippen LogP contribution in [0.5, 0.6) is 11.5 Å². The fraction of sp³-hybridized carbons (Fsp3) is 0.364. The van der Waals surface area contributed by atoms with Crippen LogP contribution < -0.4 is 19.3 Å². The van der Waals surface area contributed by atoms with Gasteiger partial charge in [-0.2, -0.15) is 13.2 Å². The number of hydrogen-bond acceptors (Lipinski definition) is 10. The van der Waals surface area contributed by atoms with E-state index in [1.165, 1.54) is 30.2 Å². The van der Waals surface area contributed by atoms with E-state index in [1.807, 2.05) is 36.1 Å². The highest BCUT2D eigenvalue weighted by molar-refractivity contribution is 6.02. The number of guanidine groups is 1. The third-order valence-corrected chi connectivity index (χ3v) is 8.02. The summed E-state index contributed by atoms with van der Waals surface area (Å²) in [5.74, 6) is -1.28. The number of halogens is 4. The van der Waals surface area contributed by atoms with Gasteiger partial charge in [-0.15, -0.1) is 0 Å². The molecule has 2 aliphatic rings. The lowest BCUT2D eigenvalue weighted by molar-refractivity contribution is -0.165. The van der Waals surface area contributed by atoms with Crippen LogP contribution in [-0.2, 0) is 25.2 Å². The van der Waals surface area contributed by atoms with Crippen LogP contribution in [0.4, 0.5) is 34.6 Å². The number of aliphatic imine (C=N–C) groups is 1. The van der Waals surface area contributed by atoms with Gasteiger partial charge in [0.1, 0.15) is 23.0 Å². The molecule has 0 radical (unpaired) electrons. The minimum absolute atomic E-state index is 0.0309. The van der Waals surface area contributed by atoms with Gasteiger partial charge in [0, 0.05) is 49.9 Å². The SMILES string of the molecule is COc1cccc(N2CCN(C3=Nc4c(F)cccc4[C@H](CC(=O)OCOC(C)=O)N3c3cc(C(F)(F)F)ccc3OC)C[C@H]2C)c1. The van der Waals surface area contributed by atoms with Crippen molar-refractivity contribution in [1.82, 2.24) is 4.90 Å². The first-order valence-corrected chi connectivity index (χ1v) is 14.8. The van der Waals surface area contributed by atoms with Crippen LogP contribution in [-0.4, -0.2) is 69.5 Å². The molecule has 0 saturated carbocycles. The molecule has 0 N–H and O–H groups in total. The molecule has 2 aliphatic heterocycles. The molecular weight excluding hydrogens is 624 g/mol. The minimum Gasteiger partial charge on any atom is -0.497 e. The molecule has 10 nitrogen and oxygen atoms in total. The molecular formula is C33H34F4N4O6. The maximum Gasteiger partial charge on any atom is 0.416 e. The van der Waals surface area contributed by atoms with Crippen molar-refractivity contribution in [2.45, 2.75) is 38.5 Å². The lowest BCUT2D eigenvalue weighted by atomic mass is 9.96. The molecule has 0 bridgehead atoms. The number of fused-ring (bicyclic) bond motifs is 1. The maximum atomic E-state index is 15.4. The van der Waals surface area contributed by atoms with Crippen LogP contribution in [0.1, 0.15) is 37.4 Å². The number of anilines is 2. The number of esters is 2. The standard InChI is InChI=1S/C33H34F4N4O6/c1-20-18-39(13-14-40(20)23-7-5-8-24(16-23)44-3)32-38-31-25(9-6-10-26(31)34)27(17-30(43)47-19-46-21(2)42)41(32)28-15-22(33(35,36)37)11-12-29(28)45-4/h5-12,15-16,20,27H,13-14,17-19H2,1-4H3/t20-,27+/m1/s1. The van der Waals surface area contributed by atoms with Crippen molar-refractivity contribution in [2.75, 3.05) is 50.4 Å². The lowest BCUT2D eigenvalue weighted by Gasteiger charge is -2.47. The highest BCUT2D eigenvalue weighted by Gasteiger charge is 2.41. The summed E-state index contributed by atoms with van der Waals surface area (Å²) in [6.45, 7) is 3.66. The molecule has 0 aliphatic carbocycles. The lowest BCUT2D eigenvalue weighted by Crippen LogP contribution is -2.58. The second-order valence-electron chi connectivity index (χ2n) is 11.0. The summed E-state index contributed by atoms with van der Waals surface area (Å²) < 4.78 is 78.4. The average Bonchev–Trinajstić information content (AvgIpc) is 3.04. The molecule has 0 unspecified atom stereocenters. The maximum absolute atomic E-state index is 15.4. The van der Waals surface area contributed by atoms with Crippen LogP contribution >= 0.6 is 0 Å². The molecule has 0 aromatic heterocycles. The highest BCUT2D eigenvalue weighted by Crippen LogP contribution is 2.46. The van der Waals surface area contributed by atoms with Gasteiger partial charge in [0.15, 0.2) is 0 Å². The van der Waals surface area contributed by atoms with E-state index in [1.54, 1.807) is 13.2 Å². The minimum atomic E-state index is -4.70. The smallest absolute Gasteiger partial charge is 0.416 e. The van der Waals surface area contributed by atoms with Crippen LogP contribution in [0.3, 0.4) is 0 Å². The number of rotatable bonds is 8. The molecule has 0 spiro atoms. The fourth-order valence-electron chi connectivity index (χ4n) is 5.81. The predicted octanol–water partition coefficient (Wildman–Crippen LogP) is 6.08. The zero-order valence-corrected chi connectivity index (χ0v) is 26.2. The van der Waals surface area contributed by atoms with Gasteiger partial charge in [0.05, 0.1) is 37.9 Å². The van der Waals surface area contributed by atoms with E-state index in [-0.39, 0.29) is 34.7 Å². The number of nitrogens with zero attached hydrogens (tertiary/aromatic N) is 4. The van der Waals surface area contributed by atoms with Gasteiger partial charge < -0.3 is 33.6 Å². The van der Waals surface area contributed by atoms with Gasteiger partial charge in [0.2, 0.25) is 12.8 Å². The molecule has 2 atom stereocenters. The van der Waals surface area contributed by atoms with Crippen LogP contribution in [0.25, 0.3) is 0 Å². The molecule has 1 saturated heterocycles. The second-order valence-corrected chi connectivity index (χ2v) is 11.0. The number of para-hydroxylation sites is 1. The van der Waals surface area contributed by atoms with Crippen molar-refractivity contribution in [3.05, 3.63) is 77.6 Å². The first-order chi connectivity index (χ1) is 22.4. The molecule has 14 heteroatoms. The van der Waals surface area contributed by atoms with Gasteiger partial charge in [0.25, 0.3) is 0 Å². The van der Waals surface area contributed by atoms with Gasteiger partial charge in [-0.05, 0) is 43.3 Å². The van der Waals surface area contributed by atoms with Crippen molar-refractivity contribution in [1.29, 1.82) is 0 Å². The number of alkyl halides is 3. The topological polar surface area (TPSA) is 93.1 Å². The Morgan fingerprint density at radius 1 is 0.979 bits per heavy atom. The number of ether oxygens (including phenoxy) is 4. The average molecular weight is 659 g/mol. The zero-order valence-electron chi connectivity index (χ0n) is 26.2. The van der Waals surface area contributed by atoms with E-state index in [0.717, 1.165) is 24.7 Å². The van der Waals surface area contributed by atoms with Crippen molar-refractivity contribution >= 4 is 35.0 Å². The highest BCUT2D eigenvalue weighted by atomic mass is 19.4. The Kier molecular flexibility index (Phi) is 9.77. The monoisotopic (exact) mass is 658 g/mol. The third kappa shape index (κ3) is 7.21. The van der Waals surface area contributed by atoms with Gasteiger partial charge in [-0.3, -0.25) is 9.59 Å². The molecule has 5 rings (SSSR count). The van der Waals surface area contributed by atoms with Gasteiger partial charge in [-0.1, -0.05) is 18.2 Å². The van der Waals surface area contributed by atoms with E-state index in [4.69, 9.17) is 23.9 Å². The normalized spacial score (nSPS) is 17.9. The van der Waals surface area contributed by atoms with E-state index in [2.05, 4.69) is 4.90 Å². The molecule has 2 heterocycles. The molecule has 3 aromatic carbocycles. The quantitative estimate of drug-likeness (QED) is 0.162. The predicted molar refractivity (Wildman–Crippen MR) is 165 cm³/mol. The zero-order chi connectivity index (χ0) is 33.9. The number of hydrogen-bond donors (Lipinski definition) is 0. The van der Waals surface area contributed by atoms with Gasteiger partial charge >= 0.3 is 18.1 Å². The molecule has 47 heavy (non-hydrogen) atoms. The van der Waals surface area contributed by atoms with E-state index in [0.29, 0.717) is 25.4 Å². The molecule has 3 aromatic rings. The Morgan fingerprint density at radius 3 is 2.43 bits per heavy atom. The van der Waals surface area contributed by atoms with E-state index >= 15 is 4.39 Å². The summed E-state index contributed by atoms with van der Waals surface area (Å²) in [6, 6.07) is 13.6. The van der Waals surface area contributed by atoms with Crippen molar-refractivity contribution in [3.63, 3.8) is 0 Å². The third-order valence-electron chi connectivity index (χ3n) is 8.02. The fourth-order valence-corrected chi connectivity index (χ4v) is 5.81. The van der Waals surface area contributed by atoms with Crippen molar-refractivity contribution in [2.24, 2.45) is 4.99 Å². The molecule has 0 amide bonds. The van der Waals surface area contributed by atoms with E-state index in [9.17, 15) is 22.8 Å². The van der Waals surface area contributed by atoms with Crippen LogP contribution in [0.15, 0.2) is 65.7 Å². The largest absolute Gasteiger partial charge is 0.497 e. The van der Waals surface area contributed by atoms with Gasteiger partial charge in [-0.25, -0.2) is 9.38 Å². The molecule has 250 valence electrons. The summed E-state index contributed by atoms with van der Waals surface area (Å²) in [7, 11) is 2.90. The number of carbonyl (C=O) groups is 2. The summed E-state index contributed by atoms with van der Waals surface area (Å²) in [5.41, 5.74) is 0.135. The summed E-state index contributed by atoms with van der Waals surface area (Å²) >= 11 is 0. The number of benzene rings is 3. The van der Waals surface area contributed by atoms with Crippen molar-refractivity contribution in [3.8, 4) is 11.5 Å². The Hall–Kier alpha value is -5.01. The van der Waals surface area contributed by atoms with Crippen LogP contribution in [0, 0.1) is 5.82 Å². The first kappa shape index (κ1) is 33.4. The Morgan fingerprint density at radius 2 is 1.74 bits per heavy atom.